The Bertz CT molecular complexity index is 947. The molecular weight excluding hydrogens is 363 g/mol. The molecule has 0 N–H and O–H groups in total. The van der Waals surface area contributed by atoms with Gasteiger partial charge in [0.2, 0.25) is 0 Å². The summed E-state index contributed by atoms with van der Waals surface area (Å²) in [5, 5.41) is 1.14. The molecule has 1 aliphatic rings. The number of piperazine rings is 1. The van der Waals surface area contributed by atoms with E-state index in [-0.39, 0.29) is 0 Å². The maximum absolute atomic E-state index is 12.9. The molecule has 1 fully saturated rings. The van der Waals surface area contributed by atoms with E-state index in [1.54, 1.807) is 12.3 Å². The number of hydrogen-bond donors (Lipinski definition) is 0. The van der Waals surface area contributed by atoms with Crippen molar-refractivity contribution in [2.24, 2.45) is 0 Å². The molecule has 0 radical (unpaired) electrons. The van der Waals surface area contributed by atoms with Crippen LogP contribution in [-0.2, 0) is 19.3 Å². The quantitative estimate of drug-likeness (QED) is 0.656. The van der Waals surface area contributed by atoms with Gasteiger partial charge in [0, 0.05) is 50.9 Å². The fourth-order valence-electron chi connectivity index (χ4n) is 3.69. The first-order valence-corrected chi connectivity index (χ1v) is 9.42. The highest BCUT2D eigenvalue weighted by Gasteiger charge is 2.30. The van der Waals surface area contributed by atoms with Gasteiger partial charge in [-0.3, -0.25) is 14.8 Å². The van der Waals surface area contributed by atoms with Gasteiger partial charge in [0.05, 0.1) is 11.1 Å². The summed E-state index contributed by atoms with van der Waals surface area (Å²) in [5.41, 5.74) is 2.39. The summed E-state index contributed by atoms with van der Waals surface area (Å²) in [6, 6.07) is 16.0. The minimum Gasteiger partial charge on any atom is -0.297 e. The summed E-state index contributed by atoms with van der Waals surface area (Å²) < 4.78 is 38.6. The van der Waals surface area contributed by atoms with Crippen molar-refractivity contribution in [1.82, 2.24) is 14.8 Å². The highest BCUT2D eigenvalue weighted by atomic mass is 19.4. The lowest BCUT2D eigenvalue weighted by Gasteiger charge is -2.34. The average molecular weight is 385 g/mol. The van der Waals surface area contributed by atoms with E-state index in [2.05, 4.69) is 39.0 Å². The van der Waals surface area contributed by atoms with Gasteiger partial charge in [-0.05, 0) is 35.4 Å². The molecule has 2 aromatic carbocycles. The van der Waals surface area contributed by atoms with Gasteiger partial charge in [-0.1, -0.05) is 30.3 Å². The van der Waals surface area contributed by atoms with Gasteiger partial charge < -0.3 is 0 Å². The number of nitrogens with zero attached hydrogens (tertiary/aromatic N) is 3. The molecule has 0 unspecified atom stereocenters. The molecule has 3 aromatic rings. The zero-order valence-corrected chi connectivity index (χ0v) is 15.5. The van der Waals surface area contributed by atoms with Crippen LogP contribution in [0.5, 0.6) is 0 Å². The fourth-order valence-corrected chi connectivity index (χ4v) is 3.69. The van der Waals surface area contributed by atoms with E-state index in [1.165, 1.54) is 17.7 Å². The zero-order valence-electron chi connectivity index (χ0n) is 15.5. The molecule has 1 aromatic heterocycles. The molecule has 0 aliphatic carbocycles. The lowest BCUT2D eigenvalue weighted by molar-refractivity contribution is -0.137. The maximum atomic E-state index is 12.9. The van der Waals surface area contributed by atoms with Gasteiger partial charge in [0.15, 0.2) is 0 Å². The SMILES string of the molecule is FC(F)(F)c1cccc(CN2CCN(Cc3ccc4ncccc4c3)CC2)c1. The normalized spacial score (nSPS) is 16.5. The molecule has 1 aliphatic heterocycles. The smallest absolute Gasteiger partial charge is 0.297 e. The van der Waals surface area contributed by atoms with E-state index in [0.29, 0.717) is 12.1 Å². The molecule has 1 saturated heterocycles. The van der Waals surface area contributed by atoms with E-state index in [4.69, 9.17) is 0 Å². The summed E-state index contributed by atoms with van der Waals surface area (Å²) in [5.74, 6) is 0. The molecule has 2 heterocycles. The molecule has 0 spiro atoms. The standard InChI is InChI=1S/C22H22F3N3/c23-22(24,25)20-5-1-3-17(14-20)15-27-9-11-28(12-10-27)16-18-6-7-21-19(13-18)4-2-8-26-21/h1-8,13-14H,9-12,15-16H2. The van der Waals surface area contributed by atoms with E-state index in [0.717, 1.165) is 49.7 Å². The first-order chi connectivity index (χ1) is 13.5. The van der Waals surface area contributed by atoms with Crippen LogP contribution in [-0.4, -0.2) is 41.0 Å². The highest BCUT2D eigenvalue weighted by Crippen LogP contribution is 2.29. The fraction of sp³-hybridized carbons (Fsp3) is 0.318. The summed E-state index contributed by atoms with van der Waals surface area (Å²) in [7, 11) is 0. The Hall–Kier alpha value is -2.44. The Morgan fingerprint density at radius 2 is 1.46 bits per heavy atom. The number of rotatable bonds is 4. The third-order valence-corrected chi connectivity index (χ3v) is 5.20. The van der Waals surface area contributed by atoms with Crippen molar-refractivity contribution in [3.05, 3.63) is 77.5 Å². The summed E-state index contributed by atoms with van der Waals surface area (Å²) in [4.78, 5) is 8.96. The second-order valence-electron chi connectivity index (χ2n) is 7.28. The Morgan fingerprint density at radius 3 is 2.14 bits per heavy atom. The summed E-state index contributed by atoms with van der Waals surface area (Å²) >= 11 is 0. The van der Waals surface area contributed by atoms with Gasteiger partial charge in [0.25, 0.3) is 0 Å². The monoisotopic (exact) mass is 385 g/mol. The van der Waals surface area contributed by atoms with Crippen LogP contribution in [0.4, 0.5) is 13.2 Å². The van der Waals surface area contributed by atoms with E-state index < -0.39 is 11.7 Å². The van der Waals surface area contributed by atoms with Crippen molar-refractivity contribution >= 4 is 10.9 Å². The van der Waals surface area contributed by atoms with Crippen LogP contribution in [0.3, 0.4) is 0 Å². The van der Waals surface area contributed by atoms with Crippen LogP contribution in [0.15, 0.2) is 60.8 Å². The molecule has 0 bridgehead atoms. The lowest BCUT2D eigenvalue weighted by atomic mass is 10.1. The predicted molar refractivity (Wildman–Crippen MR) is 104 cm³/mol. The topological polar surface area (TPSA) is 19.4 Å². The van der Waals surface area contributed by atoms with E-state index >= 15 is 0 Å². The van der Waals surface area contributed by atoms with Gasteiger partial charge >= 0.3 is 6.18 Å². The van der Waals surface area contributed by atoms with Gasteiger partial charge in [-0.25, -0.2) is 0 Å². The first kappa shape index (κ1) is 18.9. The Morgan fingerprint density at radius 1 is 0.786 bits per heavy atom. The number of pyridine rings is 1. The number of alkyl halides is 3. The van der Waals surface area contributed by atoms with E-state index in [1.807, 2.05) is 6.07 Å². The molecule has 0 atom stereocenters. The third-order valence-electron chi connectivity index (χ3n) is 5.20. The number of benzene rings is 2. The average Bonchev–Trinajstić information content (AvgIpc) is 2.69. The second-order valence-corrected chi connectivity index (χ2v) is 7.28. The highest BCUT2D eigenvalue weighted by molar-refractivity contribution is 5.78. The van der Waals surface area contributed by atoms with E-state index in [9.17, 15) is 13.2 Å². The minimum absolute atomic E-state index is 0.555. The van der Waals surface area contributed by atoms with Crippen LogP contribution >= 0.6 is 0 Å². The number of hydrogen-bond acceptors (Lipinski definition) is 3. The van der Waals surface area contributed by atoms with Crippen molar-refractivity contribution in [3.8, 4) is 0 Å². The molecule has 146 valence electrons. The second kappa shape index (κ2) is 7.89. The number of halogens is 3. The van der Waals surface area contributed by atoms with Crippen molar-refractivity contribution in [3.63, 3.8) is 0 Å². The first-order valence-electron chi connectivity index (χ1n) is 9.42. The van der Waals surface area contributed by atoms with Gasteiger partial charge in [-0.2, -0.15) is 13.2 Å². The molecule has 3 nitrogen and oxygen atoms in total. The van der Waals surface area contributed by atoms with Crippen LogP contribution in [0.1, 0.15) is 16.7 Å². The lowest BCUT2D eigenvalue weighted by Crippen LogP contribution is -2.45. The minimum atomic E-state index is -4.29. The molecule has 6 heteroatoms. The van der Waals surface area contributed by atoms with Crippen LogP contribution in [0, 0.1) is 0 Å². The van der Waals surface area contributed by atoms with Crippen molar-refractivity contribution in [2.45, 2.75) is 19.3 Å². The van der Waals surface area contributed by atoms with Crippen LogP contribution in [0.2, 0.25) is 0 Å². The predicted octanol–water partition coefficient (Wildman–Crippen LogP) is 4.57. The summed E-state index contributed by atoms with van der Waals surface area (Å²) in [6.45, 7) is 4.95. The van der Waals surface area contributed by atoms with Crippen LogP contribution in [0.25, 0.3) is 10.9 Å². The molecule has 0 saturated carbocycles. The third kappa shape index (κ3) is 4.51. The maximum Gasteiger partial charge on any atom is 0.416 e. The van der Waals surface area contributed by atoms with Gasteiger partial charge in [0.1, 0.15) is 0 Å². The number of fused-ring (bicyclic) bond motifs is 1. The Kier molecular flexibility index (Phi) is 5.33. The zero-order chi connectivity index (χ0) is 19.6. The largest absolute Gasteiger partial charge is 0.416 e. The summed E-state index contributed by atoms with van der Waals surface area (Å²) in [6.07, 6.45) is -2.49. The van der Waals surface area contributed by atoms with Crippen molar-refractivity contribution < 1.29 is 13.2 Å². The molecule has 28 heavy (non-hydrogen) atoms. The molecule has 4 rings (SSSR count). The Balaban J connectivity index is 1.33. The van der Waals surface area contributed by atoms with Crippen molar-refractivity contribution in [2.75, 3.05) is 26.2 Å². The molecule has 0 amide bonds. The Labute approximate surface area is 162 Å². The number of aromatic nitrogens is 1. The van der Waals surface area contributed by atoms with Gasteiger partial charge in [-0.15, -0.1) is 0 Å². The van der Waals surface area contributed by atoms with Crippen LogP contribution < -0.4 is 0 Å². The molecular formula is C22H22F3N3. The van der Waals surface area contributed by atoms with Crippen molar-refractivity contribution in [1.29, 1.82) is 0 Å².